The Balaban J connectivity index is 1.29. The minimum atomic E-state index is -0.624. The number of imide groups is 1. The first-order chi connectivity index (χ1) is 18.2. The number of piperidine rings is 1. The first-order valence-corrected chi connectivity index (χ1v) is 13.0. The number of likely N-dealkylation sites (tertiary alicyclic amines) is 1. The summed E-state index contributed by atoms with van der Waals surface area (Å²) in [5, 5.41) is 12.4. The lowest BCUT2D eigenvalue weighted by atomic mass is 10.1. The van der Waals surface area contributed by atoms with E-state index in [0.717, 1.165) is 12.1 Å². The fraction of sp³-hybridized carbons (Fsp3) is 0.423. The highest BCUT2D eigenvalue weighted by Crippen LogP contribution is 2.63. The second-order valence-corrected chi connectivity index (χ2v) is 11.3. The number of aromatic nitrogens is 5. The lowest BCUT2D eigenvalue weighted by Crippen LogP contribution is -2.40. The fourth-order valence-corrected chi connectivity index (χ4v) is 6.32. The van der Waals surface area contributed by atoms with Gasteiger partial charge in [-0.25, -0.2) is 9.50 Å². The molecule has 3 atom stereocenters. The van der Waals surface area contributed by atoms with Crippen LogP contribution in [0.2, 0.25) is 5.02 Å². The summed E-state index contributed by atoms with van der Waals surface area (Å²) in [6, 6.07) is 5.14. The van der Waals surface area contributed by atoms with Crippen LogP contribution in [-0.2, 0) is 27.4 Å². The number of fused-ring (bicyclic) bond motifs is 3. The van der Waals surface area contributed by atoms with E-state index in [0.29, 0.717) is 47.0 Å². The number of hydrogen-bond donors (Lipinski definition) is 1. The average Bonchev–Trinajstić information content (AvgIpc) is 3.17. The number of hydrogen-bond acceptors (Lipinski definition) is 7. The van der Waals surface area contributed by atoms with Crippen molar-refractivity contribution >= 4 is 39.8 Å². The van der Waals surface area contributed by atoms with Crippen LogP contribution in [0, 0.1) is 23.2 Å². The van der Waals surface area contributed by atoms with Crippen molar-refractivity contribution in [2.24, 2.45) is 17.3 Å². The van der Waals surface area contributed by atoms with Gasteiger partial charge in [0, 0.05) is 29.9 Å². The molecular formula is C26H25ClFN7O3. The molecule has 1 aromatic carbocycles. The molecule has 38 heavy (non-hydrogen) atoms. The standard InChI is InChI=1S/C26H25ClFN7O3/c1-26(2)19-20(26)25(37)33(24(19)36)9-13-5-18-21(30-12-31-34(18)10-13)16-6-14(27)7-17-22(16)35(32-23(17)28)11-15-8-29-3-4-38-15/h5-7,10,12,15,19-20,29H,3-4,8-9,11H2,1-2H3. The van der Waals surface area contributed by atoms with Crippen molar-refractivity contribution in [3.63, 3.8) is 0 Å². The predicted molar refractivity (Wildman–Crippen MR) is 136 cm³/mol. The van der Waals surface area contributed by atoms with Gasteiger partial charge in [0.15, 0.2) is 0 Å². The Morgan fingerprint density at radius 2 is 2.00 bits per heavy atom. The SMILES string of the molecule is CC1(C)C2C(=O)N(Cc3cc4c(-c5cc(Cl)cc6c(F)nn(CC7CNCCO7)c56)ncnn4c3)C(=O)C21. The van der Waals surface area contributed by atoms with Gasteiger partial charge >= 0.3 is 0 Å². The van der Waals surface area contributed by atoms with Gasteiger partial charge in [0.1, 0.15) is 12.0 Å². The molecule has 10 nitrogen and oxygen atoms in total. The van der Waals surface area contributed by atoms with Crippen LogP contribution in [0.5, 0.6) is 0 Å². The van der Waals surface area contributed by atoms with Crippen molar-refractivity contribution in [3.05, 3.63) is 47.3 Å². The van der Waals surface area contributed by atoms with Crippen molar-refractivity contribution in [3.8, 4) is 11.3 Å². The quantitative estimate of drug-likeness (QED) is 0.390. The molecule has 0 radical (unpaired) electrons. The summed E-state index contributed by atoms with van der Waals surface area (Å²) >= 11 is 6.42. The van der Waals surface area contributed by atoms with Crippen LogP contribution in [0.4, 0.5) is 4.39 Å². The molecule has 3 aromatic heterocycles. The highest BCUT2D eigenvalue weighted by Gasteiger charge is 2.72. The van der Waals surface area contributed by atoms with E-state index >= 15 is 0 Å². The van der Waals surface area contributed by atoms with Crippen molar-refractivity contribution in [2.45, 2.75) is 33.0 Å². The number of halogens is 2. The molecule has 1 aliphatic carbocycles. The summed E-state index contributed by atoms with van der Waals surface area (Å²) in [4.78, 5) is 31.6. The van der Waals surface area contributed by atoms with Crippen LogP contribution in [0.15, 0.2) is 30.7 Å². The molecule has 3 aliphatic rings. The monoisotopic (exact) mass is 537 g/mol. The van der Waals surface area contributed by atoms with Crippen LogP contribution in [0.3, 0.4) is 0 Å². The maximum Gasteiger partial charge on any atom is 0.240 e. The van der Waals surface area contributed by atoms with Gasteiger partial charge in [0.05, 0.1) is 54.1 Å². The second kappa shape index (κ2) is 8.29. The van der Waals surface area contributed by atoms with Crippen molar-refractivity contribution in [1.29, 1.82) is 0 Å². The summed E-state index contributed by atoms with van der Waals surface area (Å²) in [7, 11) is 0. The van der Waals surface area contributed by atoms with E-state index in [9.17, 15) is 14.0 Å². The Bertz CT molecular complexity index is 1620. The Morgan fingerprint density at radius 3 is 2.74 bits per heavy atom. The zero-order chi connectivity index (χ0) is 26.3. The number of morpholine rings is 1. The number of benzene rings is 1. The third-order valence-corrected chi connectivity index (χ3v) is 8.31. The number of rotatable bonds is 5. The largest absolute Gasteiger partial charge is 0.374 e. The Morgan fingerprint density at radius 1 is 1.21 bits per heavy atom. The number of nitrogens with zero attached hydrogens (tertiary/aromatic N) is 6. The van der Waals surface area contributed by atoms with E-state index in [1.807, 2.05) is 19.9 Å². The molecule has 0 bridgehead atoms. The van der Waals surface area contributed by atoms with Gasteiger partial charge in [0.2, 0.25) is 17.8 Å². The topological polar surface area (TPSA) is 107 Å². The van der Waals surface area contributed by atoms with E-state index in [-0.39, 0.29) is 47.1 Å². The minimum absolute atomic E-state index is 0.123. The van der Waals surface area contributed by atoms with E-state index in [1.54, 1.807) is 27.5 Å². The average molecular weight is 538 g/mol. The van der Waals surface area contributed by atoms with Crippen LogP contribution in [0.1, 0.15) is 19.4 Å². The number of ether oxygens (including phenoxy) is 1. The van der Waals surface area contributed by atoms with E-state index < -0.39 is 5.95 Å². The highest BCUT2D eigenvalue weighted by atomic mass is 35.5. The highest BCUT2D eigenvalue weighted by molar-refractivity contribution is 6.32. The summed E-state index contributed by atoms with van der Waals surface area (Å²) in [6.45, 7) is 6.42. The van der Waals surface area contributed by atoms with Crippen molar-refractivity contribution in [2.75, 3.05) is 19.7 Å². The van der Waals surface area contributed by atoms with Gasteiger partial charge in [-0.3, -0.25) is 19.2 Å². The molecule has 0 spiro atoms. The number of carbonyl (C=O) groups is 2. The maximum absolute atomic E-state index is 15.0. The molecular weight excluding hydrogens is 513 g/mol. The smallest absolute Gasteiger partial charge is 0.240 e. The molecule has 4 aromatic rings. The molecule has 2 aliphatic heterocycles. The first-order valence-electron chi connectivity index (χ1n) is 12.6. The van der Waals surface area contributed by atoms with Gasteiger partial charge < -0.3 is 10.1 Å². The summed E-state index contributed by atoms with van der Waals surface area (Å²) < 4.78 is 24.1. The van der Waals surface area contributed by atoms with Gasteiger partial charge in [-0.1, -0.05) is 25.4 Å². The number of carbonyl (C=O) groups excluding carboxylic acids is 2. The van der Waals surface area contributed by atoms with Gasteiger partial charge in [-0.15, -0.1) is 5.10 Å². The Hall–Kier alpha value is -3.41. The van der Waals surface area contributed by atoms with Crippen molar-refractivity contribution in [1.82, 2.24) is 34.6 Å². The maximum atomic E-state index is 15.0. The van der Waals surface area contributed by atoms with Crippen LogP contribution < -0.4 is 5.32 Å². The van der Waals surface area contributed by atoms with Gasteiger partial charge in [-0.05, 0) is 29.2 Å². The number of amides is 2. The molecule has 12 heteroatoms. The lowest BCUT2D eigenvalue weighted by Gasteiger charge is -2.24. The molecule has 7 rings (SSSR count). The fourth-order valence-electron chi connectivity index (χ4n) is 6.11. The van der Waals surface area contributed by atoms with Crippen LogP contribution >= 0.6 is 11.6 Å². The molecule has 2 amide bonds. The summed E-state index contributed by atoms with van der Waals surface area (Å²) in [5.41, 5.74) is 2.80. The van der Waals surface area contributed by atoms with E-state index in [2.05, 4.69) is 20.5 Å². The molecule has 3 fully saturated rings. The van der Waals surface area contributed by atoms with E-state index in [1.165, 1.54) is 11.2 Å². The first kappa shape index (κ1) is 23.7. The van der Waals surface area contributed by atoms with Gasteiger partial charge in [0.25, 0.3) is 0 Å². The molecule has 2 saturated heterocycles. The Labute approximate surface area is 221 Å². The molecule has 3 unspecified atom stereocenters. The zero-order valence-corrected chi connectivity index (χ0v) is 21.6. The van der Waals surface area contributed by atoms with Gasteiger partial charge in [-0.2, -0.15) is 9.49 Å². The van der Waals surface area contributed by atoms with Crippen LogP contribution in [-0.4, -0.2) is 66.9 Å². The second-order valence-electron chi connectivity index (χ2n) is 10.8. The number of nitrogens with one attached hydrogen (secondary N) is 1. The predicted octanol–water partition coefficient (Wildman–Crippen LogP) is 2.67. The lowest BCUT2D eigenvalue weighted by molar-refractivity contribution is -0.143. The van der Waals surface area contributed by atoms with E-state index in [4.69, 9.17) is 16.3 Å². The van der Waals surface area contributed by atoms with Crippen molar-refractivity contribution < 1.29 is 18.7 Å². The normalized spacial score (nSPS) is 24.5. The molecule has 1 N–H and O–H groups in total. The zero-order valence-electron chi connectivity index (χ0n) is 20.8. The Kier molecular flexibility index (Phi) is 5.17. The minimum Gasteiger partial charge on any atom is -0.374 e. The molecule has 196 valence electrons. The summed E-state index contributed by atoms with van der Waals surface area (Å²) in [5.74, 6) is -1.34. The third-order valence-electron chi connectivity index (χ3n) is 8.09. The summed E-state index contributed by atoms with van der Waals surface area (Å²) in [6.07, 6.45) is 3.03. The molecule has 5 heterocycles. The third kappa shape index (κ3) is 3.49. The van der Waals surface area contributed by atoms with Crippen LogP contribution in [0.25, 0.3) is 27.7 Å². The molecule has 1 saturated carbocycles.